The fraction of sp³-hybridized carbons (Fsp3) is 1.00. The first-order valence-corrected chi connectivity index (χ1v) is 8.42. The Balaban J connectivity index is 1.87. The van der Waals surface area contributed by atoms with Crippen molar-refractivity contribution in [2.75, 3.05) is 19.8 Å². The maximum atomic E-state index is 12.1. The Hall–Kier alpha value is -0.170. The Kier molecular flexibility index (Phi) is 4.64. The normalized spacial score (nSPS) is 29.1. The van der Waals surface area contributed by atoms with E-state index in [2.05, 4.69) is 4.72 Å². The highest BCUT2D eigenvalue weighted by molar-refractivity contribution is 7.90. The van der Waals surface area contributed by atoms with Crippen LogP contribution < -0.4 is 10.5 Å². The number of nitrogens with one attached hydrogen (secondary N) is 1. The number of nitrogens with two attached hydrogens (primary N) is 1. The third-order valence-corrected chi connectivity index (χ3v) is 5.83. The van der Waals surface area contributed by atoms with Crippen molar-refractivity contribution in [2.45, 2.75) is 55.7 Å². The van der Waals surface area contributed by atoms with Crippen molar-refractivity contribution in [3.05, 3.63) is 0 Å². The van der Waals surface area contributed by atoms with E-state index in [1.807, 2.05) is 0 Å². The van der Waals surface area contributed by atoms with Gasteiger partial charge in [-0.3, -0.25) is 0 Å². The van der Waals surface area contributed by atoms with E-state index in [9.17, 15) is 8.42 Å². The van der Waals surface area contributed by atoms with Crippen molar-refractivity contribution in [3.63, 3.8) is 0 Å². The second-order valence-corrected chi connectivity index (χ2v) is 7.67. The van der Waals surface area contributed by atoms with Crippen molar-refractivity contribution in [1.82, 2.24) is 4.72 Å². The molecule has 2 rings (SSSR count). The minimum Gasteiger partial charge on any atom is -0.380 e. The summed E-state index contributed by atoms with van der Waals surface area (Å²) in [6.45, 7) is 1.35. The highest BCUT2D eigenvalue weighted by Gasteiger charge is 2.32. The fourth-order valence-corrected chi connectivity index (χ4v) is 4.23. The van der Waals surface area contributed by atoms with E-state index < -0.39 is 15.3 Å². The molecule has 18 heavy (non-hydrogen) atoms. The molecule has 0 aromatic carbocycles. The molecule has 1 aliphatic carbocycles. The molecule has 1 aliphatic heterocycles. The molecule has 0 bridgehead atoms. The molecule has 1 saturated heterocycles. The molecule has 1 unspecified atom stereocenters. The van der Waals surface area contributed by atoms with Gasteiger partial charge in [0.2, 0.25) is 10.0 Å². The second kappa shape index (κ2) is 5.86. The molecular formula is C12H24N2O3S. The molecule has 106 valence electrons. The van der Waals surface area contributed by atoms with Gasteiger partial charge in [-0.15, -0.1) is 0 Å². The molecule has 6 heteroatoms. The summed E-state index contributed by atoms with van der Waals surface area (Å²) in [7, 11) is -3.28. The molecule has 3 N–H and O–H groups in total. The Morgan fingerprint density at radius 1 is 1.22 bits per heavy atom. The Morgan fingerprint density at radius 2 is 1.94 bits per heavy atom. The van der Waals surface area contributed by atoms with Gasteiger partial charge < -0.3 is 10.5 Å². The van der Waals surface area contributed by atoms with Gasteiger partial charge in [-0.05, 0) is 25.7 Å². The lowest BCUT2D eigenvalue weighted by molar-refractivity contribution is 0.0987. The van der Waals surface area contributed by atoms with Crippen molar-refractivity contribution >= 4 is 10.0 Å². The summed E-state index contributed by atoms with van der Waals surface area (Å²) in [4.78, 5) is 0. The van der Waals surface area contributed by atoms with Gasteiger partial charge in [-0.2, -0.15) is 0 Å². The van der Waals surface area contributed by atoms with E-state index in [1.165, 1.54) is 6.42 Å². The summed E-state index contributed by atoms with van der Waals surface area (Å²) in [5.74, 6) is 0. The predicted octanol–water partition coefficient (Wildman–Crippen LogP) is 0.746. The van der Waals surface area contributed by atoms with Crippen LogP contribution in [-0.4, -0.2) is 39.0 Å². The lowest BCUT2D eigenvalue weighted by Gasteiger charge is -2.34. The van der Waals surface area contributed by atoms with E-state index in [4.69, 9.17) is 10.5 Å². The molecule has 0 amide bonds. The average molecular weight is 276 g/mol. The molecule has 1 heterocycles. The summed E-state index contributed by atoms with van der Waals surface area (Å²) in [5.41, 5.74) is 5.89. The van der Waals surface area contributed by atoms with Gasteiger partial charge >= 0.3 is 0 Å². The second-order valence-electron chi connectivity index (χ2n) is 5.63. The molecule has 0 aromatic heterocycles. The van der Waals surface area contributed by atoms with Gasteiger partial charge in [0.25, 0.3) is 0 Å². The van der Waals surface area contributed by atoms with E-state index in [1.54, 1.807) is 0 Å². The zero-order valence-electron chi connectivity index (χ0n) is 10.9. The summed E-state index contributed by atoms with van der Waals surface area (Å²) in [5, 5.41) is -0.404. The van der Waals surface area contributed by atoms with Crippen LogP contribution in [0.25, 0.3) is 0 Å². The fourth-order valence-electron chi connectivity index (χ4n) is 2.75. The molecule has 0 spiro atoms. The van der Waals surface area contributed by atoms with E-state index in [-0.39, 0.29) is 5.54 Å². The van der Waals surface area contributed by atoms with E-state index in [0.717, 1.165) is 32.1 Å². The van der Waals surface area contributed by atoms with Crippen LogP contribution >= 0.6 is 0 Å². The molecule has 0 aromatic rings. The molecule has 2 fully saturated rings. The summed E-state index contributed by atoms with van der Waals surface area (Å²) in [6, 6.07) is 0. The van der Waals surface area contributed by atoms with Crippen LogP contribution in [0.4, 0.5) is 0 Å². The van der Waals surface area contributed by atoms with Crippen LogP contribution in [0.15, 0.2) is 0 Å². The van der Waals surface area contributed by atoms with Gasteiger partial charge in [0, 0.05) is 18.7 Å². The Labute approximate surface area is 110 Å². The lowest BCUT2D eigenvalue weighted by Crippen LogP contribution is -2.53. The minimum absolute atomic E-state index is 0.312. The smallest absolute Gasteiger partial charge is 0.216 e. The molecular weight excluding hydrogens is 252 g/mol. The molecule has 5 nitrogen and oxygen atoms in total. The van der Waals surface area contributed by atoms with Crippen molar-refractivity contribution < 1.29 is 13.2 Å². The van der Waals surface area contributed by atoms with Crippen LogP contribution in [0.2, 0.25) is 0 Å². The van der Waals surface area contributed by atoms with Crippen LogP contribution in [0.5, 0.6) is 0 Å². The molecule has 1 atom stereocenters. The third-order valence-electron chi connectivity index (χ3n) is 4.03. The van der Waals surface area contributed by atoms with Crippen LogP contribution in [0, 0.1) is 0 Å². The number of ether oxygens (including phenoxy) is 1. The van der Waals surface area contributed by atoms with E-state index >= 15 is 0 Å². The Bertz CT molecular complexity index is 358. The number of hydrogen-bond donors (Lipinski definition) is 2. The first kappa shape index (κ1) is 14.2. The highest BCUT2D eigenvalue weighted by Crippen LogP contribution is 2.25. The number of rotatable bonds is 4. The van der Waals surface area contributed by atoms with Crippen molar-refractivity contribution in [2.24, 2.45) is 5.73 Å². The lowest BCUT2D eigenvalue weighted by atomic mass is 9.83. The average Bonchev–Trinajstić information content (AvgIpc) is 2.39. The quantitative estimate of drug-likeness (QED) is 0.794. The SMILES string of the molecule is NC1(CNS(=O)(=O)C2CCCOC2)CCCCC1. The van der Waals surface area contributed by atoms with Crippen molar-refractivity contribution in [3.8, 4) is 0 Å². The van der Waals surface area contributed by atoms with Crippen LogP contribution in [0.3, 0.4) is 0 Å². The molecule has 0 radical (unpaired) electrons. The first-order valence-electron chi connectivity index (χ1n) is 6.87. The zero-order valence-corrected chi connectivity index (χ0v) is 11.7. The van der Waals surface area contributed by atoms with Crippen molar-refractivity contribution in [1.29, 1.82) is 0 Å². The van der Waals surface area contributed by atoms with Gasteiger partial charge in [-0.1, -0.05) is 19.3 Å². The Morgan fingerprint density at radius 3 is 2.56 bits per heavy atom. The number of hydrogen-bond acceptors (Lipinski definition) is 4. The van der Waals surface area contributed by atoms with Crippen LogP contribution in [-0.2, 0) is 14.8 Å². The first-order chi connectivity index (χ1) is 8.52. The minimum atomic E-state index is -3.28. The maximum absolute atomic E-state index is 12.1. The van der Waals surface area contributed by atoms with Crippen LogP contribution in [0.1, 0.15) is 44.9 Å². The molecule has 2 aliphatic rings. The predicted molar refractivity (Wildman–Crippen MR) is 70.8 cm³/mol. The summed E-state index contributed by atoms with van der Waals surface area (Å²) in [6.07, 6.45) is 6.75. The third kappa shape index (κ3) is 3.66. The molecule has 1 saturated carbocycles. The van der Waals surface area contributed by atoms with Gasteiger partial charge in [-0.25, -0.2) is 13.1 Å². The topological polar surface area (TPSA) is 81.4 Å². The highest BCUT2D eigenvalue weighted by atomic mass is 32.2. The zero-order chi connectivity index (χ0) is 13.1. The van der Waals surface area contributed by atoms with E-state index in [0.29, 0.717) is 26.2 Å². The summed E-state index contributed by atoms with van der Waals surface area (Å²) >= 11 is 0. The monoisotopic (exact) mass is 276 g/mol. The summed E-state index contributed by atoms with van der Waals surface area (Å²) < 4.78 is 32.2. The number of sulfonamides is 1. The maximum Gasteiger partial charge on any atom is 0.216 e. The van der Waals surface area contributed by atoms with Gasteiger partial charge in [0.05, 0.1) is 11.9 Å². The van der Waals surface area contributed by atoms with Gasteiger partial charge in [0.1, 0.15) is 0 Å². The van der Waals surface area contributed by atoms with Gasteiger partial charge in [0.15, 0.2) is 0 Å². The largest absolute Gasteiger partial charge is 0.380 e. The standard InChI is InChI=1S/C12H24N2O3S/c13-12(6-2-1-3-7-12)10-14-18(15,16)11-5-4-8-17-9-11/h11,14H,1-10,13H2.